The van der Waals surface area contributed by atoms with Gasteiger partial charge in [-0.3, -0.25) is 4.79 Å². The Hall–Kier alpha value is -1.75. The van der Waals surface area contributed by atoms with Crippen molar-refractivity contribution in [2.45, 2.75) is 25.7 Å². The number of hydrogen-bond donors (Lipinski definition) is 2. The van der Waals surface area contributed by atoms with Crippen LogP contribution in [0, 0.1) is 0 Å². The molecule has 2 rings (SSSR count). The molecule has 5 heteroatoms. The van der Waals surface area contributed by atoms with E-state index in [1.54, 1.807) is 25.3 Å². The van der Waals surface area contributed by atoms with Gasteiger partial charge in [-0.15, -0.1) is 0 Å². The molecule has 1 fully saturated rings. The van der Waals surface area contributed by atoms with Gasteiger partial charge in [0.2, 0.25) is 0 Å². The molecule has 0 radical (unpaired) electrons. The average Bonchev–Trinajstić information content (AvgIpc) is 2.76. The molecule has 0 aromatic heterocycles. The lowest BCUT2D eigenvalue weighted by molar-refractivity contribution is 0.0948. The van der Waals surface area contributed by atoms with Crippen molar-refractivity contribution in [3.8, 4) is 5.75 Å². The van der Waals surface area contributed by atoms with E-state index < -0.39 is 0 Å². The normalized spacial score (nSPS) is 16.2. The first-order valence-electron chi connectivity index (χ1n) is 7.65. The third kappa shape index (κ3) is 4.63. The van der Waals surface area contributed by atoms with Crippen LogP contribution in [-0.4, -0.2) is 44.1 Å². The molecule has 0 unspecified atom stereocenters. The van der Waals surface area contributed by atoms with Crippen LogP contribution >= 0.6 is 0 Å². The summed E-state index contributed by atoms with van der Waals surface area (Å²) in [7, 11) is 1.56. The number of benzene rings is 1. The molecule has 21 heavy (non-hydrogen) atoms. The summed E-state index contributed by atoms with van der Waals surface area (Å²) in [4.78, 5) is 14.5. The molecule has 0 saturated carbocycles. The third-order valence-corrected chi connectivity index (χ3v) is 3.90. The van der Waals surface area contributed by atoms with Gasteiger partial charge < -0.3 is 20.7 Å². The molecule has 1 saturated heterocycles. The second-order valence-electron chi connectivity index (χ2n) is 5.47. The van der Waals surface area contributed by atoms with Crippen molar-refractivity contribution in [1.29, 1.82) is 0 Å². The molecule has 0 aliphatic carbocycles. The van der Waals surface area contributed by atoms with Gasteiger partial charge >= 0.3 is 0 Å². The van der Waals surface area contributed by atoms with Crippen LogP contribution in [0.3, 0.4) is 0 Å². The molecule has 116 valence electrons. The second kappa shape index (κ2) is 7.88. The maximum Gasteiger partial charge on any atom is 0.251 e. The zero-order valence-electron chi connectivity index (χ0n) is 12.7. The number of methoxy groups -OCH3 is 1. The van der Waals surface area contributed by atoms with E-state index in [1.807, 2.05) is 0 Å². The first-order chi connectivity index (χ1) is 10.2. The summed E-state index contributed by atoms with van der Waals surface area (Å²) in [5, 5.41) is 2.95. The maximum atomic E-state index is 12.1. The molecule has 0 spiro atoms. The smallest absolute Gasteiger partial charge is 0.251 e. The number of carbonyl (C=O) groups is 1. The van der Waals surface area contributed by atoms with E-state index in [1.165, 1.54) is 25.7 Å². The number of nitrogens with zero attached hydrogens (tertiary/aromatic N) is 1. The lowest BCUT2D eigenvalue weighted by Crippen LogP contribution is -2.35. The van der Waals surface area contributed by atoms with Crippen molar-refractivity contribution >= 4 is 11.6 Å². The minimum Gasteiger partial charge on any atom is -0.495 e. The van der Waals surface area contributed by atoms with Crippen LogP contribution in [-0.2, 0) is 0 Å². The maximum absolute atomic E-state index is 12.1. The van der Waals surface area contributed by atoms with E-state index in [0.29, 0.717) is 23.5 Å². The molecule has 5 nitrogen and oxygen atoms in total. The van der Waals surface area contributed by atoms with Crippen LogP contribution in [0.5, 0.6) is 5.75 Å². The van der Waals surface area contributed by atoms with Gasteiger partial charge in [-0.2, -0.15) is 0 Å². The second-order valence-corrected chi connectivity index (χ2v) is 5.47. The number of nitrogens with one attached hydrogen (secondary N) is 1. The number of nitrogens with two attached hydrogens (primary N) is 1. The van der Waals surface area contributed by atoms with E-state index in [0.717, 1.165) is 19.6 Å². The first kappa shape index (κ1) is 15.6. The van der Waals surface area contributed by atoms with Gasteiger partial charge in [-0.25, -0.2) is 0 Å². The van der Waals surface area contributed by atoms with E-state index in [-0.39, 0.29) is 5.91 Å². The van der Waals surface area contributed by atoms with Crippen LogP contribution in [0.4, 0.5) is 5.69 Å². The van der Waals surface area contributed by atoms with E-state index >= 15 is 0 Å². The summed E-state index contributed by atoms with van der Waals surface area (Å²) in [5.41, 5.74) is 6.88. The number of anilines is 1. The number of likely N-dealkylation sites (tertiary alicyclic amines) is 1. The van der Waals surface area contributed by atoms with Crippen molar-refractivity contribution in [3.05, 3.63) is 23.8 Å². The van der Waals surface area contributed by atoms with Crippen molar-refractivity contribution < 1.29 is 9.53 Å². The predicted octanol–water partition coefficient (Wildman–Crippen LogP) is 1.88. The van der Waals surface area contributed by atoms with Crippen LogP contribution in [0.25, 0.3) is 0 Å². The zero-order chi connectivity index (χ0) is 15.1. The highest BCUT2D eigenvalue weighted by Gasteiger charge is 2.11. The fraction of sp³-hybridized carbons (Fsp3) is 0.562. The lowest BCUT2D eigenvalue weighted by atomic mass is 10.2. The zero-order valence-corrected chi connectivity index (χ0v) is 12.7. The predicted molar refractivity (Wildman–Crippen MR) is 84.6 cm³/mol. The van der Waals surface area contributed by atoms with Gasteiger partial charge in [-0.1, -0.05) is 12.8 Å². The highest BCUT2D eigenvalue weighted by Crippen LogP contribution is 2.21. The van der Waals surface area contributed by atoms with E-state index in [2.05, 4.69) is 10.2 Å². The molecule has 1 aliphatic heterocycles. The third-order valence-electron chi connectivity index (χ3n) is 3.90. The van der Waals surface area contributed by atoms with Gasteiger partial charge in [0.15, 0.2) is 0 Å². The summed E-state index contributed by atoms with van der Waals surface area (Å²) >= 11 is 0. The molecule has 1 aliphatic rings. The molecule has 0 atom stereocenters. The summed E-state index contributed by atoms with van der Waals surface area (Å²) < 4.78 is 5.09. The topological polar surface area (TPSA) is 67.6 Å². The van der Waals surface area contributed by atoms with Crippen molar-refractivity contribution in [3.63, 3.8) is 0 Å². The van der Waals surface area contributed by atoms with E-state index in [9.17, 15) is 4.79 Å². The Morgan fingerprint density at radius 3 is 2.62 bits per heavy atom. The number of nitrogen functional groups attached to an aromatic ring is 1. The van der Waals surface area contributed by atoms with Gasteiger partial charge in [0.05, 0.1) is 12.8 Å². The molecular formula is C16H25N3O2. The summed E-state index contributed by atoms with van der Waals surface area (Å²) in [6, 6.07) is 5.11. The van der Waals surface area contributed by atoms with Gasteiger partial charge in [0.1, 0.15) is 5.75 Å². The van der Waals surface area contributed by atoms with Crippen molar-refractivity contribution in [2.75, 3.05) is 39.0 Å². The van der Waals surface area contributed by atoms with Crippen LogP contribution in [0.15, 0.2) is 18.2 Å². The summed E-state index contributed by atoms with van der Waals surface area (Å²) in [5.74, 6) is 0.510. The molecular weight excluding hydrogens is 266 g/mol. The molecule has 0 bridgehead atoms. The molecule has 1 aromatic carbocycles. The summed E-state index contributed by atoms with van der Waals surface area (Å²) in [6.07, 6.45) is 5.19. The summed E-state index contributed by atoms with van der Waals surface area (Å²) in [6.45, 7) is 3.87. The fourth-order valence-electron chi connectivity index (χ4n) is 2.66. The van der Waals surface area contributed by atoms with Crippen LogP contribution in [0.2, 0.25) is 0 Å². The minimum absolute atomic E-state index is 0.0841. The van der Waals surface area contributed by atoms with E-state index in [4.69, 9.17) is 10.5 Å². The SMILES string of the molecule is COc1ccc(C(=O)NCCN2CCCCCC2)cc1N. The Balaban J connectivity index is 1.80. The lowest BCUT2D eigenvalue weighted by Gasteiger charge is -2.19. The van der Waals surface area contributed by atoms with Gasteiger partial charge in [0.25, 0.3) is 5.91 Å². The number of hydrogen-bond acceptors (Lipinski definition) is 4. The molecule has 1 aromatic rings. The average molecular weight is 291 g/mol. The molecule has 1 amide bonds. The Labute approximate surface area is 126 Å². The first-order valence-corrected chi connectivity index (χ1v) is 7.65. The highest BCUT2D eigenvalue weighted by molar-refractivity contribution is 5.95. The van der Waals surface area contributed by atoms with Gasteiger partial charge in [-0.05, 0) is 44.1 Å². The van der Waals surface area contributed by atoms with Gasteiger partial charge in [0, 0.05) is 18.7 Å². The minimum atomic E-state index is -0.0841. The number of ether oxygens (including phenoxy) is 1. The molecule has 3 N–H and O–H groups in total. The Kier molecular flexibility index (Phi) is 5.87. The highest BCUT2D eigenvalue weighted by atomic mass is 16.5. The Bertz CT molecular complexity index is 469. The standard InChI is InChI=1S/C16H25N3O2/c1-21-15-7-6-13(12-14(15)17)16(20)18-8-11-19-9-4-2-3-5-10-19/h6-7,12H,2-5,8-11,17H2,1H3,(H,18,20). The van der Waals surface area contributed by atoms with Crippen molar-refractivity contribution in [2.24, 2.45) is 0 Å². The number of carbonyl (C=O) groups excluding carboxylic acids is 1. The Morgan fingerprint density at radius 1 is 1.29 bits per heavy atom. The molecule has 1 heterocycles. The number of rotatable bonds is 5. The Morgan fingerprint density at radius 2 is 2.00 bits per heavy atom. The number of amides is 1. The fourth-order valence-corrected chi connectivity index (χ4v) is 2.66. The largest absolute Gasteiger partial charge is 0.495 e. The van der Waals surface area contributed by atoms with Crippen molar-refractivity contribution in [1.82, 2.24) is 10.2 Å². The quantitative estimate of drug-likeness (QED) is 0.813. The van der Waals surface area contributed by atoms with Crippen LogP contribution < -0.4 is 15.8 Å². The van der Waals surface area contributed by atoms with Crippen LogP contribution in [0.1, 0.15) is 36.0 Å². The monoisotopic (exact) mass is 291 g/mol.